The second-order valence-corrected chi connectivity index (χ2v) is 5.68. The fourth-order valence-electron chi connectivity index (χ4n) is 2.51. The van der Waals surface area contributed by atoms with Crippen LogP contribution in [0.15, 0.2) is 66.7 Å². The summed E-state index contributed by atoms with van der Waals surface area (Å²) >= 11 is 0. The molecule has 5 nitrogen and oxygen atoms in total. The molecule has 0 saturated carbocycles. The van der Waals surface area contributed by atoms with Crippen molar-refractivity contribution in [1.29, 1.82) is 0 Å². The molecule has 1 aromatic heterocycles. The molecule has 0 unspecified atom stereocenters. The number of anilines is 3. The van der Waals surface area contributed by atoms with Gasteiger partial charge in [-0.2, -0.15) is 0 Å². The Hall–Kier alpha value is -3.21. The van der Waals surface area contributed by atoms with Crippen molar-refractivity contribution in [2.45, 2.75) is 13.8 Å². The van der Waals surface area contributed by atoms with Crippen LogP contribution in [0.3, 0.4) is 0 Å². The third-order valence-corrected chi connectivity index (χ3v) is 3.87. The normalized spacial score (nSPS) is 10.3. The fourth-order valence-corrected chi connectivity index (χ4v) is 2.51. The standard InChI is InChI=1S/C20H20N4O/c1-3-24(17-7-5-4-6-8-17)19-14-13-18(22-23-19)21-20(25)16-11-9-15(2)10-12-16/h4-14H,3H2,1-2H3,(H,21,22,25). The van der Waals surface area contributed by atoms with E-state index in [0.717, 1.165) is 23.6 Å². The van der Waals surface area contributed by atoms with Gasteiger partial charge in [0.25, 0.3) is 5.91 Å². The maximum Gasteiger partial charge on any atom is 0.256 e. The van der Waals surface area contributed by atoms with E-state index in [4.69, 9.17) is 0 Å². The molecule has 0 saturated heterocycles. The van der Waals surface area contributed by atoms with Crippen LogP contribution in [0.1, 0.15) is 22.8 Å². The van der Waals surface area contributed by atoms with Crippen LogP contribution in [0, 0.1) is 6.92 Å². The van der Waals surface area contributed by atoms with Crippen molar-refractivity contribution in [3.05, 3.63) is 77.9 Å². The number of hydrogen-bond donors (Lipinski definition) is 1. The summed E-state index contributed by atoms with van der Waals surface area (Å²) in [7, 11) is 0. The van der Waals surface area contributed by atoms with Gasteiger partial charge in [-0.1, -0.05) is 35.9 Å². The lowest BCUT2D eigenvalue weighted by Gasteiger charge is -2.21. The molecule has 1 amide bonds. The molecule has 2 aromatic carbocycles. The van der Waals surface area contributed by atoms with Gasteiger partial charge >= 0.3 is 0 Å². The van der Waals surface area contributed by atoms with E-state index in [1.54, 1.807) is 18.2 Å². The number of carbonyl (C=O) groups excluding carboxylic acids is 1. The SMILES string of the molecule is CCN(c1ccccc1)c1ccc(NC(=O)c2ccc(C)cc2)nn1. The quantitative estimate of drug-likeness (QED) is 0.761. The Balaban J connectivity index is 1.73. The maximum absolute atomic E-state index is 12.2. The van der Waals surface area contributed by atoms with Gasteiger partial charge in [-0.05, 0) is 50.2 Å². The fraction of sp³-hybridized carbons (Fsp3) is 0.150. The van der Waals surface area contributed by atoms with E-state index in [2.05, 4.69) is 27.3 Å². The van der Waals surface area contributed by atoms with Gasteiger partial charge in [0.15, 0.2) is 11.6 Å². The lowest BCUT2D eigenvalue weighted by Crippen LogP contribution is -2.18. The second-order valence-electron chi connectivity index (χ2n) is 5.68. The van der Waals surface area contributed by atoms with E-state index in [1.807, 2.05) is 55.5 Å². The van der Waals surface area contributed by atoms with Crippen molar-refractivity contribution in [3.8, 4) is 0 Å². The highest BCUT2D eigenvalue weighted by atomic mass is 16.1. The number of nitrogens with zero attached hydrogens (tertiary/aromatic N) is 3. The smallest absolute Gasteiger partial charge is 0.256 e. The molecule has 0 bridgehead atoms. The van der Waals surface area contributed by atoms with Gasteiger partial charge in [-0.25, -0.2) is 0 Å². The first-order valence-electron chi connectivity index (χ1n) is 8.21. The zero-order valence-corrected chi connectivity index (χ0v) is 14.3. The Labute approximate surface area is 147 Å². The third-order valence-electron chi connectivity index (χ3n) is 3.87. The first kappa shape index (κ1) is 16.6. The summed E-state index contributed by atoms with van der Waals surface area (Å²) < 4.78 is 0. The molecule has 25 heavy (non-hydrogen) atoms. The Morgan fingerprint density at radius 1 is 0.960 bits per heavy atom. The van der Waals surface area contributed by atoms with E-state index in [-0.39, 0.29) is 5.91 Å². The van der Waals surface area contributed by atoms with Gasteiger partial charge < -0.3 is 10.2 Å². The van der Waals surface area contributed by atoms with Crippen LogP contribution in [-0.2, 0) is 0 Å². The highest BCUT2D eigenvalue weighted by Gasteiger charge is 2.11. The van der Waals surface area contributed by atoms with Crippen LogP contribution < -0.4 is 10.2 Å². The highest BCUT2D eigenvalue weighted by molar-refractivity contribution is 6.03. The number of rotatable bonds is 5. The number of amides is 1. The molecular weight excluding hydrogens is 312 g/mol. The largest absolute Gasteiger partial charge is 0.325 e. The zero-order valence-electron chi connectivity index (χ0n) is 14.3. The molecule has 0 aliphatic heterocycles. The van der Waals surface area contributed by atoms with Crippen molar-refractivity contribution in [1.82, 2.24) is 10.2 Å². The van der Waals surface area contributed by atoms with Crippen molar-refractivity contribution in [2.24, 2.45) is 0 Å². The van der Waals surface area contributed by atoms with Gasteiger partial charge in [-0.3, -0.25) is 4.79 Å². The van der Waals surface area contributed by atoms with Crippen molar-refractivity contribution < 1.29 is 4.79 Å². The predicted molar refractivity (Wildman–Crippen MR) is 100 cm³/mol. The number of nitrogens with one attached hydrogen (secondary N) is 1. The Morgan fingerprint density at radius 2 is 1.68 bits per heavy atom. The van der Waals surface area contributed by atoms with Crippen molar-refractivity contribution in [3.63, 3.8) is 0 Å². The Bertz CT molecular complexity index is 830. The van der Waals surface area contributed by atoms with Gasteiger partial charge in [0.2, 0.25) is 0 Å². The van der Waals surface area contributed by atoms with E-state index in [0.29, 0.717) is 11.4 Å². The number of benzene rings is 2. The molecule has 0 aliphatic rings. The highest BCUT2D eigenvalue weighted by Crippen LogP contribution is 2.22. The summed E-state index contributed by atoms with van der Waals surface area (Å²) in [6.07, 6.45) is 0. The Morgan fingerprint density at radius 3 is 2.28 bits per heavy atom. The first-order chi connectivity index (χ1) is 12.2. The number of carbonyl (C=O) groups is 1. The molecular formula is C20H20N4O. The average molecular weight is 332 g/mol. The van der Waals surface area contributed by atoms with E-state index >= 15 is 0 Å². The van der Waals surface area contributed by atoms with E-state index in [1.165, 1.54) is 0 Å². The maximum atomic E-state index is 12.2. The molecule has 0 radical (unpaired) electrons. The lowest BCUT2D eigenvalue weighted by molar-refractivity contribution is 0.102. The zero-order chi connectivity index (χ0) is 17.6. The Kier molecular flexibility index (Phi) is 5.04. The predicted octanol–water partition coefficient (Wildman–Crippen LogP) is 4.20. The molecule has 0 spiro atoms. The van der Waals surface area contributed by atoms with E-state index in [9.17, 15) is 4.79 Å². The van der Waals surface area contributed by atoms with Crippen LogP contribution in [0.2, 0.25) is 0 Å². The second kappa shape index (κ2) is 7.57. The molecule has 5 heteroatoms. The van der Waals surface area contributed by atoms with Gasteiger partial charge in [0.05, 0.1) is 0 Å². The number of aromatic nitrogens is 2. The number of hydrogen-bond acceptors (Lipinski definition) is 4. The molecule has 0 atom stereocenters. The van der Waals surface area contributed by atoms with Crippen LogP contribution in [0.4, 0.5) is 17.3 Å². The third kappa shape index (κ3) is 4.01. The molecule has 3 rings (SSSR count). The molecule has 1 heterocycles. The van der Waals surface area contributed by atoms with Crippen LogP contribution in [-0.4, -0.2) is 22.6 Å². The topological polar surface area (TPSA) is 58.1 Å². The van der Waals surface area contributed by atoms with Crippen molar-refractivity contribution >= 4 is 23.2 Å². The summed E-state index contributed by atoms with van der Waals surface area (Å²) in [4.78, 5) is 14.3. The molecule has 0 aliphatic carbocycles. The lowest BCUT2D eigenvalue weighted by atomic mass is 10.1. The molecule has 0 fully saturated rings. The van der Waals surface area contributed by atoms with E-state index < -0.39 is 0 Å². The molecule has 3 aromatic rings. The number of aryl methyl sites for hydroxylation is 1. The minimum absolute atomic E-state index is 0.197. The molecule has 126 valence electrons. The minimum atomic E-state index is -0.197. The minimum Gasteiger partial charge on any atom is -0.325 e. The van der Waals surface area contributed by atoms with Gasteiger partial charge in [0.1, 0.15) is 0 Å². The van der Waals surface area contributed by atoms with Crippen molar-refractivity contribution in [2.75, 3.05) is 16.8 Å². The number of para-hydroxylation sites is 1. The summed E-state index contributed by atoms with van der Waals surface area (Å²) in [5.74, 6) is 0.970. The van der Waals surface area contributed by atoms with Crippen LogP contribution in [0.25, 0.3) is 0 Å². The average Bonchev–Trinajstić information content (AvgIpc) is 2.65. The monoisotopic (exact) mass is 332 g/mol. The van der Waals surface area contributed by atoms with Gasteiger partial charge in [-0.15, -0.1) is 10.2 Å². The summed E-state index contributed by atoms with van der Waals surface area (Å²) in [6.45, 7) is 4.81. The molecule has 1 N–H and O–H groups in total. The first-order valence-corrected chi connectivity index (χ1v) is 8.21. The summed E-state index contributed by atoms with van der Waals surface area (Å²) in [5, 5.41) is 11.2. The van der Waals surface area contributed by atoms with Crippen LogP contribution >= 0.6 is 0 Å². The summed E-state index contributed by atoms with van der Waals surface area (Å²) in [5.41, 5.74) is 2.76. The summed E-state index contributed by atoms with van der Waals surface area (Å²) in [6, 6.07) is 21.0. The van der Waals surface area contributed by atoms with Crippen LogP contribution in [0.5, 0.6) is 0 Å². The van der Waals surface area contributed by atoms with Gasteiger partial charge in [0, 0.05) is 17.8 Å².